The molecule has 1 aliphatic carbocycles. The number of nitrogens with one attached hydrogen (secondary N) is 1. The summed E-state index contributed by atoms with van der Waals surface area (Å²) in [6.07, 6.45) is 11.9. The van der Waals surface area contributed by atoms with E-state index in [9.17, 15) is 0 Å². The zero-order valence-electron chi connectivity index (χ0n) is 10.5. The predicted octanol–water partition coefficient (Wildman–Crippen LogP) is 3.03. The molecule has 2 heteroatoms. The van der Waals surface area contributed by atoms with E-state index < -0.39 is 0 Å². The second-order valence-corrected chi connectivity index (χ2v) is 5.23. The third-order valence-corrected chi connectivity index (χ3v) is 3.71. The van der Waals surface area contributed by atoms with Gasteiger partial charge in [-0.05, 0) is 58.4 Å². The lowest BCUT2D eigenvalue weighted by Crippen LogP contribution is -2.30. The predicted molar refractivity (Wildman–Crippen MR) is 67.6 cm³/mol. The van der Waals surface area contributed by atoms with Crippen LogP contribution in [0, 0.1) is 0 Å². The van der Waals surface area contributed by atoms with Crippen LogP contribution in [0.4, 0.5) is 0 Å². The number of rotatable bonds is 6. The molecule has 0 aromatic carbocycles. The SMILES string of the molecule is CC(CC1CCCO1)NCCC1=CCCC1. The van der Waals surface area contributed by atoms with Gasteiger partial charge >= 0.3 is 0 Å². The van der Waals surface area contributed by atoms with E-state index in [1.165, 1.54) is 44.9 Å². The Morgan fingerprint density at radius 1 is 1.50 bits per heavy atom. The Morgan fingerprint density at radius 3 is 3.12 bits per heavy atom. The van der Waals surface area contributed by atoms with E-state index in [0.29, 0.717) is 12.1 Å². The van der Waals surface area contributed by atoms with Gasteiger partial charge in [0.25, 0.3) is 0 Å². The van der Waals surface area contributed by atoms with E-state index in [0.717, 1.165) is 13.2 Å². The molecule has 0 aromatic heterocycles. The summed E-state index contributed by atoms with van der Waals surface area (Å²) in [6.45, 7) is 4.40. The van der Waals surface area contributed by atoms with Crippen LogP contribution < -0.4 is 5.32 Å². The Hall–Kier alpha value is -0.340. The van der Waals surface area contributed by atoms with E-state index in [1.54, 1.807) is 5.57 Å². The van der Waals surface area contributed by atoms with Crippen molar-refractivity contribution in [1.82, 2.24) is 5.32 Å². The number of hydrogen-bond donors (Lipinski definition) is 1. The van der Waals surface area contributed by atoms with Crippen LogP contribution in [0.5, 0.6) is 0 Å². The van der Waals surface area contributed by atoms with Crippen molar-refractivity contribution in [2.45, 2.75) is 64.0 Å². The minimum Gasteiger partial charge on any atom is -0.378 e. The zero-order chi connectivity index (χ0) is 11.2. The molecule has 1 heterocycles. The summed E-state index contributed by atoms with van der Waals surface area (Å²) in [4.78, 5) is 0. The summed E-state index contributed by atoms with van der Waals surface area (Å²) in [5.74, 6) is 0. The Labute approximate surface area is 99.4 Å². The number of ether oxygens (including phenoxy) is 1. The first kappa shape index (κ1) is 12.1. The van der Waals surface area contributed by atoms with E-state index >= 15 is 0 Å². The highest BCUT2D eigenvalue weighted by molar-refractivity contribution is 5.07. The van der Waals surface area contributed by atoms with Gasteiger partial charge in [-0.3, -0.25) is 0 Å². The largest absolute Gasteiger partial charge is 0.378 e. The molecule has 0 spiro atoms. The molecule has 2 unspecified atom stereocenters. The highest BCUT2D eigenvalue weighted by Crippen LogP contribution is 2.20. The van der Waals surface area contributed by atoms with Gasteiger partial charge in [-0.2, -0.15) is 0 Å². The maximum Gasteiger partial charge on any atom is 0.0590 e. The summed E-state index contributed by atoms with van der Waals surface area (Å²) >= 11 is 0. The molecule has 2 nitrogen and oxygen atoms in total. The minimum atomic E-state index is 0.521. The first-order valence-electron chi connectivity index (χ1n) is 6.87. The average Bonchev–Trinajstić information content (AvgIpc) is 2.90. The molecule has 1 aliphatic heterocycles. The second kappa shape index (κ2) is 6.41. The van der Waals surface area contributed by atoms with Crippen molar-refractivity contribution in [2.75, 3.05) is 13.2 Å². The van der Waals surface area contributed by atoms with Crippen LogP contribution in [0.25, 0.3) is 0 Å². The third-order valence-electron chi connectivity index (χ3n) is 3.71. The molecule has 16 heavy (non-hydrogen) atoms. The fourth-order valence-corrected chi connectivity index (χ4v) is 2.75. The van der Waals surface area contributed by atoms with Crippen molar-refractivity contribution < 1.29 is 4.74 Å². The van der Waals surface area contributed by atoms with Crippen LogP contribution in [0.1, 0.15) is 51.9 Å². The van der Waals surface area contributed by atoms with Gasteiger partial charge in [0.15, 0.2) is 0 Å². The van der Waals surface area contributed by atoms with Crippen molar-refractivity contribution in [3.8, 4) is 0 Å². The highest BCUT2D eigenvalue weighted by Gasteiger charge is 2.17. The molecule has 1 N–H and O–H groups in total. The lowest BCUT2D eigenvalue weighted by atomic mass is 10.1. The molecule has 0 bridgehead atoms. The molecule has 2 atom stereocenters. The van der Waals surface area contributed by atoms with Gasteiger partial charge in [0.05, 0.1) is 6.10 Å². The average molecular weight is 223 g/mol. The van der Waals surface area contributed by atoms with Crippen LogP contribution in [0.3, 0.4) is 0 Å². The molecule has 0 radical (unpaired) electrons. The second-order valence-electron chi connectivity index (χ2n) is 5.23. The standard InChI is InChI=1S/C14H25NO/c1-12(11-14-7-4-10-16-14)15-9-8-13-5-2-3-6-13/h5,12,14-15H,2-4,6-11H2,1H3. The molecule has 2 rings (SSSR count). The van der Waals surface area contributed by atoms with Crippen LogP contribution in [0.15, 0.2) is 11.6 Å². The topological polar surface area (TPSA) is 21.3 Å². The van der Waals surface area contributed by atoms with E-state index in [-0.39, 0.29) is 0 Å². The Bertz CT molecular complexity index is 231. The summed E-state index contributed by atoms with van der Waals surface area (Å²) < 4.78 is 5.65. The fourth-order valence-electron chi connectivity index (χ4n) is 2.75. The molecule has 2 aliphatic rings. The Morgan fingerprint density at radius 2 is 2.44 bits per heavy atom. The quantitative estimate of drug-likeness (QED) is 0.699. The highest BCUT2D eigenvalue weighted by atomic mass is 16.5. The molecule has 0 aromatic rings. The third kappa shape index (κ3) is 3.91. The molecule has 1 fully saturated rings. The van der Waals surface area contributed by atoms with Crippen LogP contribution in [-0.2, 0) is 4.74 Å². The van der Waals surface area contributed by atoms with E-state index in [2.05, 4.69) is 18.3 Å². The zero-order valence-corrected chi connectivity index (χ0v) is 10.5. The van der Waals surface area contributed by atoms with Gasteiger partial charge in [0.2, 0.25) is 0 Å². The fraction of sp³-hybridized carbons (Fsp3) is 0.857. The summed E-state index contributed by atoms with van der Waals surface area (Å²) in [5, 5.41) is 3.62. The number of hydrogen-bond acceptors (Lipinski definition) is 2. The lowest BCUT2D eigenvalue weighted by Gasteiger charge is -2.17. The first-order chi connectivity index (χ1) is 7.84. The molecule has 92 valence electrons. The van der Waals surface area contributed by atoms with Crippen molar-refractivity contribution in [1.29, 1.82) is 0 Å². The van der Waals surface area contributed by atoms with Crippen molar-refractivity contribution in [3.63, 3.8) is 0 Å². The lowest BCUT2D eigenvalue weighted by molar-refractivity contribution is 0.0964. The Balaban J connectivity index is 1.54. The smallest absolute Gasteiger partial charge is 0.0590 e. The molecular weight excluding hydrogens is 198 g/mol. The van der Waals surface area contributed by atoms with Crippen LogP contribution in [-0.4, -0.2) is 25.3 Å². The van der Waals surface area contributed by atoms with Gasteiger partial charge in [-0.1, -0.05) is 11.6 Å². The van der Waals surface area contributed by atoms with Crippen molar-refractivity contribution in [2.24, 2.45) is 0 Å². The maximum atomic E-state index is 5.65. The monoisotopic (exact) mass is 223 g/mol. The van der Waals surface area contributed by atoms with Crippen LogP contribution >= 0.6 is 0 Å². The summed E-state index contributed by atoms with van der Waals surface area (Å²) in [7, 11) is 0. The molecular formula is C14H25NO. The van der Waals surface area contributed by atoms with Gasteiger partial charge < -0.3 is 10.1 Å². The number of allylic oxidation sites excluding steroid dienone is 1. The van der Waals surface area contributed by atoms with Crippen molar-refractivity contribution in [3.05, 3.63) is 11.6 Å². The molecule has 0 saturated carbocycles. The first-order valence-corrected chi connectivity index (χ1v) is 6.87. The normalized spacial score (nSPS) is 27.1. The van der Waals surface area contributed by atoms with Gasteiger partial charge in [-0.25, -0.2) is 0 Å². The summed E-state index contributed by atoms with van der Waals surface area (Å²) in [6, 6.07) is 0.602. The van der Waals surface area contributed by atoms with Crippen LogP contribution in [0.2, 0.25) is 0 Å². The van der Waals surface area contributed by atoms with E-state index in [4.69, 9.17) is 4.74 Å². The van der Waals surface area contributed by atoms with E-state index in [1.807, 2.05) is 0 Å². The Kier molecular flexibility index (Phi) is 4.86. The van der Waals surface area contributed by atoms with Gasteiger partial charge in [0, 0.05) is 12.6 Å². The summed E-state index contributed by atoms with van der Waals surface area (Å²) in [5.41, 5.74) is 1.66. The van der Waals surface area contributed by atoms with Gasteiger partial charge in [0.1, 0.15) is 0 Å². The molecule has 1 saturated heterocycles. The van der Waals surface area contributed by atoms with Crippen molar-refractivity contribution >= 4 is 0 Å². The van der Waals surface area contributed by atoms with Gasteiger partial charge in [-0.15, -0.1) is 0 Å². The minimum absolute atomic E-state index is 0.521. The maximum absolute atomic E-state index is 5.65. The molecule has 0 amide bonds.